The van der Waals surface area contributed by atoms with E-state index in [-0.39, 0.29) is 12.1 Å². The number of aryl methyl sites for hydroxylation is 1. The monoisotopic (exact) mass is 608 g/mol. The lowest BCUT2D eigenvalue weighted by Crippen LogP contribution is -2.64. The minimum absolute atomic E-state index is 0.117. The molecule has 0 radical (unpaired) electrons. The van der Waals surface area contributed by atoms with E-state index in [0.717, 1.165) is 23.7 Å². The molecule has 5 aromatic carbocycles. The molecule has 0 saturated heterocycles. The molecule has 0 aromatic heterocycles. The Bertz CT molecular complexity index is 2120. The van der Waals surface area contributed by atoms with Gasteiger partial charge in [0.25, 0.3) is 6.71 Å². The quantitative estimate of drug-likeness (QED) is 0.181. The van der Waals surface area contributed by atoms with Crippen molar-refractivity contribution in [3.63, 3.8) is 0 Å². The summed E-state index contributed by atoms with van der Waals surface area (Å²) in [6.07, 6.45) is 7.10. The molecule has 47 heavy (non-hydrogen) atoms. The van der Waals surface area contributed by atoms with Crippen LogP contribution in [0.4, 0.5) is 34.1 Å². The van der Waals surface area contributed by atoms with E-state index in [1.54, 1.807) is 11.1 Å². The van der Waals surface area contributed by atoms with Crippen molar-refractivity contribution in [1.29, 1.82) is 0 Å². The van der Waals surface area contributed by atoms with Crippen LogP contribution in [0.3, 0.4) is 0 Å². The first-order valence-corrected chi connectivity index (χ1v) is 18.2. The molecule has 0 unspecified atom stereocenters. The van der Waals surface area contributed by atoms with Gasteiger partial charge in [0.05, 0.1) is 5.69 Å². The van der Waals surface area contributed by atoms with E-state index in [1.165, 1.54) is 93.7 Å². The zero-order valence-electron chi connectivity index (χ0n) is 27.7. The summed E-state index contributed by atoms with van der Waals surface area (Å²) in [7, 11) is 0. The number of hydrogen-bond donors (Lipinski definition) is 0. The van der Waals surface area contributed by atoms with Crippen molar-refractivity contribution in [3.8, 4) is 0 Å². The Kier molecular flexibility index (Phi) is 5.26. The first-order valence-electron chi connectivity index (χ1n) is 18.2. The zero-order chi connectivity index (χ0) is 31.2. The van der Waals surface area contributed by atoms with E-state index in [2.05, 4.69) is 134 Å². The first kappa shape index (κ1) is 26.8. The topological polar surface area (TPSA) is 6.48 Å². The van der Waals surface area contributed by atoms with Crippen molar-refractivity contribution in [2.75, 3.05) is 9.80 Å². The average molecular weight is 609 g/mol. The molecular weight excluding hydrogens is 567 g/mol. The maximum atomic E-state index is 2.71. The van der Waals surface area contributed by atoms with Crippen LogP contribution >= 0.6 is 0 Å². The van der Waals surface area contributed by atoms with Crippen molar-refractivity contribution in [3.05, 3.63) is 125 Å². The SMILES string of the molecule is Cc1ccccc1N1c2ccc(C(C)C)cc2B2c3cccc4c3N(c3ccccc3C43C4CC5CC(C4)CC3C5)c3cccc1c32. The van der Waals surface area contributed by atoms with Crippen molar-refractivity contribution in [2.45, 2.75) is 64.2 Å². The van der Waals surface area contributed by atoms with Gasteiger partial charge in [0.2, 0.25) is 0 Å². The Balaban J connectivity index is 1.24. The molecule has 1 spiro atoms. The highest BCUT2D eigenvalue weighted by atomic mass is 15.2. The predicted octanol–water partition coefficient (Wildman–Crippen LogP) is 9.26. The molecule has 0 N–H and O–H groups in total. The third-order valence-electron chi connectivity index (χ3n) is 13.5. The molecule has 4 saturated carbocycles. The third-order valence-corrected chi connectivity index (χ3v) is 13.5. The molecule has 4 fully saturated rings. The van der Waals surface area contributed by atoms with Gasteiger partial charge in [0, 0.05) is 33.9 Å². The number of anilines is 6. The van der Waals surface area contributed by atoms with E-state index in [1.807, 2.05) is 0 Å². The molecule has 7 aliphatic rings. The van der Waals surface area contributed by atoms with Crippen LogP contribution in [0.15, 0.2) is 103 Å². The second kappa shape index (κ2) is 9.22. The number of fused-ring (bicyclic) bond motifs is 6. The fourth-order valence-electron chi connectivity index (χ4n) is 12.0. The summed E-state index contributed by atoms with van der Waals surface area (Å²) in [5, 5.41) is 0. The molecule has 230 valence electrons. The number of benzene rings is 5. The summed E-state index contributed by atoms with van der Waals surface area (Å²) < 4.78 is 0. The summed E-state index contributed by atoms with van der Waals surface area (Å²) >= 11 is 0. The van der Waals surface area contributed by atoms with Gasteiger partial charge in [0.1, 0.15) is 0 Å². The lowest BCUT2D eigenvalue weighted by molar-refractivity contribution is -0.0419. The second-order valence-electron chi connectivity index (χ2n) is 16.0. The Labute approximate surface area is 279 Å². The Morgan fingerprint density at radius 3 is 1.98 bits per heavy atom. The van der Waals surface area contributed by atoms with Crippen molar-refractivity contribution in [1.82, 2.24) is 0 Å². The summed E-state index contributed by atoms with van der Waals surface area (Å²) in [6, 6.07) is 40.5. The molecule has 3 heteroatoms. The van der Waals surface area contributed by atoms with Gasteiger partial charge in [-0.2, -0.15) is 0 Å². The highest BCUT2D eigenvalue weighted by molar-refractivity contribution is 7.00. The summed E-state index contributed by atoms with van der Waals surface area (Å²) in [4.78, 5) is 5.27. The van der Waals surface area contributed by atoms with E-state index in [9.17, 15) is 0 Å². The second-order valence-corrected chi connectivity index (χ2v) is 16.0. The number of para-hydroxylation sites is 3. The maximum Gasteiger partial charge on any atom is 0.252 e. The van der Waals surface area contributed by atoms with Crippen LogP contribution < -0.4 is 26.2 Å². The number of nitrogens with zero attached hydrogens (tertiary/aromatic N) is 2. The summed E-state index contributed by atoms with van der Waals surface area (Å²) in [6.45, 7) is 7.12. The first-order chi connectivity index (χ1) is 23.0. The van der Waals surface area contributed by atoms with E-state index in [0.29, 0.717) is 5.92 Å². The van der Waals surface area contributed by atoms with Gasteiger partial charge < -0.3 is 9.80 Å². The summed E-state index contributed by atoms with van der Waals surface area (Å²) in [5.41, 5.74) is 18.6. The number of hydrogen-bond acceptors (Lipinski definition) is 2. The lowest BCUT2D eigenvalue weighted by atomic mass is 9.32. The van der Waals surface area contributed by atoms with Crippen LogP contribution in [-0.4, -0.2) is 6.71 Å². The average Bonchev–Trinajstić information content (AvgIpc) is 3.08. The van der Waals surface area contributed by atoms with Gasteiger partial charge in [-0.15, -0.1) is 0 Å². The normalized spacial score (nSPS) is 26.8. The van der Waals surface area contributed by atoms with Crippen LogP contribution in [0.2, 0.25) is 0 Å². The fraction of sp³-hybridized carbons (Fsp3) is 0.318. The fourth-order valence-corrected chi connectivity index (χ4v) is 12.0. The minimum Gasteiger partial charge on any atom is -0.311 e. The predicted molar refractivity (Wildman–Crippen MR) is 197 cm³/mol. The molecule has 0 amide bonds. The Morgan fingerprint density at radius 1 is 0.596 bits per heavy atom. The van der Waals surface area contributed by atoms with Crippen molar-refractivity contribution < 1.29 is 0 Å². The van der Waals surface area contributed by atoms with E-state index in [4.69, 9.17) is 0 Å². The van der Waals surface area contributed by atoms with E-state index < -0.39 is 0 Å². The Morgan fingerprint density at radius 2 is 1.23 bits per heavy atom. The zero-order valence-corrected chi connectivity index (χ0v) is 27.7. The van der Waals surface area contributed by atoms with Gasteiger partial charge in [-0.3, -0.25) is 0 Å². The number of rotatable bonds is 2. The van der Waals surface area contributed by atoms with Crippen LogP contribution in [0.25, 0.3) is 0 Å². The van der Waals surface area contributed by atoms with Gasteiger partial charge in [-0.05, 0) is 138 Å². The van der Waals surface area contributed by atoms with Crippen molar-refractivity contribution in [2.24, 2.45) is 23.7 Å². The highest BCUT2D eigenvalue weighted by Gasteiger charge is 2.62. The Hall–Kier alpha value is -4.24. The molecule has 0 atom stereocenters. The van der Waals surface area contributed by atoms with Crippen LogP contribution in [0.5, 0.6) is 0 Å². The van der Waals surface area contributed by atoms with Crippen LogP contribution in [-0.2, 0) is 5.41 Å². The molecule has 3 heterocycles. The van der Waals surface area contributed by atoms with E-state index >= 15 is 0 Å². The maximum absolute atomic E-state index is 2.71. The van der Waals surface area contributed by atoms with Gasteiger partial charge >= 0.3 is 0 Å². The molecule has 2 nitrogen and oxygen atoms in total. The molecule has 12 rings (SSSR count). The molecular formula is C44H41BN2. The minimum atomic E-state index is 0.117. The smallest absolute Gasteiger partial charge is 0.252 e. The van der Waals surface area contributed by atoms with Gasteiger partial charge in [0.15, 0.2) is 0 Å². The van der Waals surface area contributed by atoms with Crippen LogP contribution in [0, 0.1) is 30.6 Å². The molecule has 5 aromatic rings. The largest absolute Gasteiger partial charge is 0.311 e. The van der Waals surface area contributed by atoms with Gasteiger partial charge in [-0.1, -0.05) is 86.6 Å². The molecule has 4 aliphatic carbocycles. The molecule has 3 aliphatic heterocycles. The third kappa shape index (κ3) is 3.24. The lowest BCUT2D eigenvalue weighted by Gasteiger charge is -2.64. The highest BCUT2D eigenvalue weighted by Crippen LogP contribution is 2.69. The van der Waals surface area contributed by atoms with Crippen molar-refractivity contribution >= 4 is 57.2 Å². The standard InChI is InChI=1S/C44H41BN2/c1-26(2)30-18-19-39-36(25-30)45-35-13-8-12-34-43(35)47(41-17-9-16-40(42(41)45)46(39)37-14-6-4-10-27(37)3)38-15-7-5-11-33(38)44(34)31-21-28-20-29(23-31)24-32(44)22-28/h4-19,25-26,28-29,31-32H,20-24H2,1-3H3. The molecule has 4 bridgehead atoms. The van der Waals surface area contributed by atoms with Crippen LogP contribution in [0.1, 0.15) is 74.1 Å². The van der Waals surface area contributed by atoms with Gasteiger partial charge in [-0.25, -0.2) is 0 Å². The summed E-state index contributed by atoms with van der Waals surface area (Å²) in [5.74, 6) is 3.82.